The molecule has 4 aromatic rings. The van der Waals surface area contributed by atoms with E-state index in [1.54, 1.807) is 14.2 Å². The summed E-state index contributed by atoms with van der Waals surface area (Å²) in [5.41, 5.74) is 3.13. The molecule has 0 fully saturated rings. The fourth-order valence-corrected chi connectivity index (χ4v) is 4.03. The molecule has 0 aliphatic rings. The molecule has 1 aromatic heterocycles. The minimum Gasteiger partial charge on any atom is -0.493 e. The van der Waals surface area contributed by atoms with E-state index in [0.717, 1.165) is 5.56 Å². The van der Waals surface area contributed by atoms with Crippen LogP contribution in [0.5, 0.6) is 11.5 Å². The molecule has 0 radical (unpaired) electrons. The van der Waals surface area contributed by atoms with Crippen LogP contribution in [0.15, 0.2) is 88.5 Å². The normalized spacial score (nSPS) is 10.9. The molecule has 29 heavy (non-hydrogen) atoms. The molecule has 0 aliphatic carbocycles. The Bertz CT molecular complexity index is 1030. The highest BCUT2D eigenvalue weighted by molar-refractivity contribution is 7.99. The summed E-state index contributed by atoms with van der Waals surface area (Å²) in [4.78, 5) is 0. The second-order valence-corrected chi connectivity index (χ2v) is 7.32. The summed E-state index contributed by atoms with van der Waals surface area (Å²) < 4.78 is 16.6. The molecule has 0 saturated carbocycles. The summed E-state index contributed by atoms with van der Waals surface area (Å²) in [6.45, 7) is 0. The molecule has 0 unspecified atom stereocenters. The number of hydrogen-bond donors (Lipinski definition) is 0. The van der Waals surface area contributed by atoms with Gasteiger partial charge in [0, 0.05) is 5.56 Å². The SMILES string of the molecule is COc1ccc(-c2nnc(SC(c3ccccc3)c3ccccc3)o2)cc1OC. The highest BCUT2D eigenvalue weighted by Crippen LogP contribution is 2.41. The summed E-state index contributed by atoms with van der Waals surface area (Å²) >= 11 is 1.53. The smallest absolute Gasteiger partial charge is 0.277 e. The minimum absolute atomic E-state index is 0.0519. The Morgan fingerprint density at radius 2 is 1.38 bits per heavy atom. The van der Waals surface area contributed by atoms with E-state index in [-0.39, 0.29) is 5.25 Å². The van der Waals surface area contributed by atoms with Crippen molar-refractivity contribution in [1.29, 1.82) is 0 Å². The lowest BCUT2D eigenvalue weighted by atomic mass is 10.0. The molecule has 0 aliphatic heterocycles. The van der Waals surface area contributed by atoms with Crippen LogP contribution in [-0.4, -0.2) is 24.4 Å². The van der Waals surface area contributed by atoms with E-state index in [1.807, 2.05) is 54.6 Å². The Hall–Kier alpha value is -3.25. The van der Waals surface area contributed by atoms with Gasteiger partial charge >= 0.3 is 0 Å². The maximum absolute atomic E-state index is 5.96. The lowest BCUT2D eigenvalue weighted by molar-refractivity contribution is 0.355. The van der Waals surface area contributed by atoms with Crippen LogP contribution < -0.4 is 9.47 Å². The van der Waals surface area contributed by atoms with Gasteiger partial charge in [0.2, 0.25) is 5.89 Å². The second-order valence-electron chi connectivity index (χ2n) is 6.26. The lowest BCUT2D eigenvalue weighted by Gasteiger charge is -2.15. The monoisotopic (exact) mass is 404 g/mol. The van der Waals surface area contributed by atoms with Gasteiger partial charge in [0.1, 0.15) is 0 Å². The molecule has 146 valence electrons. The first-order valence-electron chi connectivity index (χ1n) is 9.11. The third-order valence-corrected chi connectivity index (χ3v) is 5.61. The van der Waals surface area contributed by atoms with Crippen LogP contribution in [0.4, 0.5) is 0 Å². The first kappa shape index (κ1) is 19.1. The molecular formula is C23H20N2O3S. The molecule has 1 heterocycles. The van der Waals surface area contributed by atoms with Crippen molar-refractivity contribution in [2.75, 3.05) is 14.2 Å². The molecule has 0 bridgehead atoms. The number of rotatable bonds is 7. The Kier molecular flexibility index (Phi) is 5.81. The van der Waals surface area contributed by atoms with Crippen LogP contribution in [0, 0.1) is 0 Å². The van der Waals surface area contributed by atoms with Gasteiger partial charge in [0.05, 0.1) is 19.5 Å². The highest BCUT2D eigenvalue weighted by atomic mass is 32.2. The van der Waals surface area contributed by atoms with E-state index in [2.05, 4.69) is 34.5 Å². The molecular weight excluding hydrogens is 384 g/mol. The van der Waals surface area contributed by atoms with Crippen molar-refractivity contribution < 1.29 is 13.9 Å². The zero-order chi connectivity index (χ0) is 20.1. The van der Waals surface area contributed by atoms with Gasteiger partial charge in [-0.25, -0.2) is 0 Å². The lowest BCUT2D eigenvalue weighted by Crippen LogP contribution is -1.96. The second kappa shape index (κ2) is 8.84. The van der Waals surface area contributed by atoms with Crippen molar-refractivity contribution in [1.82, 2.24) is 10.2 Å². The summed E-state index contributed by atoms with van der Waals surface area (Å²) in [6.07, 6.45) is 0. The van der Waals surface area contributed by atoms with E-state index in [9.17, 15) is 0 Å². The van der Waals surface area contributed by atoms with Crippen molar-refractivity contribution in [3.05, 3.63) is 90.0 Å². The number of ether oxygens (including phenoxy) is 2. The molecule has 6 heteroatoms. The van der Waals surface area contributed by atoms with E-state index >= 15 is 0 Å². The fourth-order valence-electron chi connectivity index (χ4n) is 3.03. The van der Waals surface area contributed by atoms with Gasteiger partial charge in [-0.05, 0) is 29.3 Å². The molecule has 0 spiro atoms. The van der Waals surface area contributed by atoms with Crippen LogP contribution in [0.3, 0.4) is 0 Å². The third kappa shape index (κ3) is 4.27. The number of methoxy groups -OCH3 is 2. The van der Waals surface area contributed by atoms with Gasteiger partial charge < -0.3 is 13.9 Å². The van der Waals surface area contributed by atoms with Crippen LogP contribution in [0.2, 0.25) is 0 Å². The van der Waals surface area contributed by atoms with Crippen LogP contribution in [-0.2, 0) is 0 Å². The summed E-state index contributed by atoms with van der Waals surface area (Å²) in [5.74, 6) is 1.70. The first-order chi connectivity index (χ1) is 14.3. The Morgan fingerprint density at radius 1 is 0.759 bits per heavy atom. The predicted molar refractivity (Wildman–Crippen MR) is 113 cm³/mol. The van der Waals surface area contributed by atoms with E-state index in [0.29, 0.717) is 22.6 Å². The van der Waals surface area contributed by atoms with Crippen molar-refractivity contribution in [2.24, 2.45) is 0 Å². The van der Waals surface area contributed by atoms with Crippen molar-refractivity contribution in [2.45, 2.75) is 10.5 Å². The molecule has 0 N–H and O–H groups in total. The molecule has 0 atom stereocenters. The number of hydrogen-bond acceptors (Lipinski definition) is 6. The van der Waals surface area contributed by atoms with Crippen molar-refractivity contribution in [3.63, 3.8) is 0 Å². The zero-order valence-electron chi connectivity index (χ0n) is 16.1. The van der Waals surface area contributed by atoms with E-state index in [1.165, 1.54) is 22.9 Å². The third-order valence-electron chi connectivity index (χ3n) is 4.46. The van der Waals surface area contributed by atoms with E-state index < -0.39 is 0 Å². The van der Waals surface area contributed by atoms with Gasteiger partial charge in [-0.1, -0.05) is 72.4 Å². The van der Waals surface area contributed by atoms with Crippen molar-refractivity contribution >= 4 is 11.8 Å². The van der Waals surface area contributed by atoms with Crippen LogP contribution in [0.1, 0.15) is 16.4 Å². The average Bonchev–Trinajstić information content (AvgIpc) is 3.27. The zero-order valence-corrected chi connectivity index (χ0v) is 16.9. The minimum atomic E-state index is 0.0519. The van der Waals surface area contributed by atoms with Crippen molar-refractivity contribution in [3.8, 4) is 23.0 Å². The number of nitrogens with zero attached hydrogens (tertiary/aromatic N) is 2. The number of aromatic nitrogens is 2. The number of benzene rings is 3. The molecule has 3 aromatic carbocycles. The molecule has 0 saturated heterocycles. The summed E-state index contributed by atoms with van der Waals surface area (Å²) in [6, 6.07) is 26.1. The molecule has 5 nitrogen and oxygen atoms in total. The predicted octanol–water partition coefficient (Wildman–Crippen LogP) is 5.64. The highest BCUT2D eigenvalue weighted by Gasteiger charge is 2.20. The topological polar surface area (TPSA) is 57.4 Å². The van der Waals surface area contributed by atoms with Gasteiger partial charge in [0.25, 0.3) is 5.22 Å². The van der Waals surface area contributed by atoms with Gasteiger partial charge in [-0.2, -0.15) is 0 Å². The Balaban J connectivity index is 1.63. The summed E-state index contributed by atoms with van der Waals surface area (Å²) in [7, 11) is 3.20. The maximum Gasteiger partial charge on any atom is 0.277 e. The maximum atomic E-state index is 5.96. The summed E-state index contributed by atoms with van der Waals surface area (Å²) in [5, 5.41) is 9.04. The Morgan fingerprint density at radius 3 is 1.97 bits per heavy atom. The quantitative estimate of drug-likeness (QED) is 0.372. The molecule has 4 rings (SSSR count). The standard InChI is InChI=1S/C23H20N2O3S/c1-26-19-14-13-18(15-20(19)27-2)22-24-25-23(28-22)29-21(16-9-5-3-6-10-16)17-11-7-4-8-12-17/h3-15,21H,1-2H3. The van der Waals surface area contributed by atoms with Gasteiger partial charge in [-0.15, -0.1) is 10.2 Å². The fraction of sp³-hybridized carbons (Fsp3) is 0.130. The van der Waals surface area contributed by atoms with Crippen LogP contribution in [0.25, 0.3) is 11.5 Å². The van der Waals surface area contributed by atoms with E-state index in [4.69, 9.17) is 13.9 Å². The Labute approximate surface area is 173 Å². The number of thioether (sulfide) groups is 1. The average molecular weight is 404 g/mol. The van der Waals surface area contributed by atoms with Gasteiger partial charge in [0.15, 0.2) is 11.5 Å². The first-order valence-corrected chi connectivity index (χ1v) is 9.99. The largest absolute Gasteiger partial charge is 0.493 e. The van der Waals surface area contributed by atoms with Crippen LogP contribution >= 0.6 is 11.8 Å². The molecule has 0 amide bonds. The van der Waals surface area contributed by atoms with Gasteiger partial charge in [-0.3, -0.25) is 0 Å².